The molecule has 0 aliphatic rings. The number of fused-ring (bicyclic) bond motifs is 5. The summed E-state index contributed by atoms with van der Waals surface area (Å²) in [6.07, 6.45) is 0. The van der Waals surface area contributed by atoms with Gasteiger partial charge in [-0.2, -0.15) is 0 Å². The first-order valence-corrected chi connectivity index (χ1v) is 13.9. The monoisotopic (exact) mass is 525 g/mol. The summed E-state index contributed by atoms with van der Waals surface area (Å²) >= 11 is 0.347. The van der Waals surface area contributed by atoms with E-state index in [1.807, 2.05) is 0 Å². The van der Waals surface area contributed by atoms with Crippen LogP contribution in [-0.2, 0) is 0 Å². The van der Waals surface area contributed by atoms with Crippen molar-refractivity contribution in [2.24, 2.45) is 0 Å². The average Bonchev–Trinajstić information content (AvgIpc) is 3.34. The van der Waals surface area contributed by atoms with E-state index in [0.717, 1.165) is 11.4 Å². The third-order valence-electron chi connectivity index (χ3n) is 6.85. The molecule has 1 aromatic heterocycles. The van der Waals surface area contributed by atoms with Gasteiger partial charge in [0.25, 0.3) is 0 Å². The van der Waals surface area contributed by atoms with E-state index in [4.69, 9.17) is 0 Å². The Balaban J connectivity index is 1.36. The number of anilines is 3. The van der Waals surface area contributed by atoms with E-state index in [1.165, 1.54) is 46.9 Å². The van der Waals surface area contributed by atoms with Crippen LogP contribution in [0.25, 0.3) is 41.2 Å². The Morgan fingerprint density at radius 2 is 1.03 bits per heavy atom. The summed E-state index contributed by atoms with van der Waals surface area (Å²) in [5.74, 6) is 0. The standard InChI is InChI=1S/C34H23NSe/c1-3-9-24(10-4-1)25-15-18-28(19-16-25)35(27-11-5-2-6-12-27)29-20-22-30-26(23-29)17-21-32-31-13-7-8-14-33(31)36-34(30)32/h1-23H. The van der Waals surface area contributed by atoms with Gasteiger partial charge in [0, 0.05) is 0 Å². The van der Waals surface area contributed by atoms with E-state index in [2.05, 4.69) is 144 Å². The Morgan fingerprint density at radius 1 is 0.417 bits per heavy atom. The van der Waals surface area contributed by atoms with E-state index in [1.54, 1.807) is 0 Å². The molecule has 6 aromatic carbocycles. The molecule has 0 atom stereocenters. The maximum atomic E-state index is 2.35. The minimum atomic E-state index is 0.347. The zero-order chi connectivity index (χ0) is 23.9. The normalized spacial score (nSPS) is 11.3. The molecule has 7 rings (SSSR count). The summed E-state index contributed by atoms with van der Waals surface area (Å²) in [4.78, 5) is 2.35. The molecule has 0 saturated heterocycles. The van der Waals surface area contributed by atoms with Crippen molar-refractivity contribution in [2.45, 2.75) is 0 Å². The van der Waals surface area contributed by atoms with Gasteiger partial charge in [0.05, 0.1) is 0 Å². The minimum Gasteiger partial charge on any atom is -0.0617 e. The number of hydrogen-bond donors (Lipinski definition) is 0. The molecule has 0 spiro atoms. The molecule has 0 unspecified atom stereocenters. The van der Waals surface area contributed by atoms with Gasteiger partial charge in [0.2, 0.25) is 0 Å². The van der Waals surface area contributed by atoms with Gasteiger partial charge in [-0.15, -0.1) is 0 Å². The van der Waals surface area contributed by atoms with E-state index in [9.17, 15) is 0 Å². The van der Waals surface area contributed by atoms with Crippen LogP contribution in [0, 0.1) is 0 Å². The summed E-state index contributed by atoms with van der Waals surface area (Å²) in [5.41, 5.74) is 5.94. The first kappa shape index (κ1) is 21.2. The zero-order valence-corrected chi connectivity index (χ0v) is 21.3. The van der Waals surface area contributed by atoms with E-state index < -0.39 is 0 Å². The summed E-state index contributed by atoms with van der Waals surface area (Å²) < 4.78 is 2.99. The fraction of sp³-hybridized carbons (Fsp3) is 0. The van der Waals surface area contributed by atoms with Crippen LogP contribution in [0.5, 0.6) is 0 Å². The zero-order valence-electron chi connectivity index (χ0n) is 19.6. The molecule has 0 aliphatic heterocycles. The van der Waals surface area contributed by atoms with Crippen molar-refractivity contribution in [3.8, 4) is 11.1 Å². The Morgan fingerprint density at radius 3 is 1.83 bits per heavy atom. The second kappa shape index (κ2) is 8.84. The third-order valence-corrected chi connectivity index (χ3v) is 9.41. The second-order valence-corrected chi connectivity index (χ2v) is 11.2. The van der Waals surface area contributed by atoms with Gasteiger partial charge in [-0.1, -0.05) is 18.2 Å². The van der Waals surface area contributed by atoms with Crippen molar-refractivity contribution in [1.29, 1.82) is 0 Å². The van der Waals surface area contributed by atoms with E-state index >= 15 is 0 Å². The number of nitrogens with zero attached hydrogens (tertiary/aromatic N) is 1. The molecule has 170 valence electrons. The first-order valence-electron chi connectivity index (χ1n) is 12.2. The van der Waals surface area contributed by atoms with Crippen molar-refractivity contribution in [3.05, 3.63) is 140 Å². The molecule has 0 saturated carbocycles. The number of benzene rings is 6. The van der Waals surface area contributed by atoms with Crippen molar-refractivity contribution < 1.29 is 0 Å². The van der Waals surface area contributed by atoms with E-state index in [-0.39, 0.29) is 0 Å². The molecule has 0 bridgehead atoms. The van der Waals surface area contributed by atoms with Crippen LogP contribution in [0.4, 0.5) is 17.1 Å². The van der Waals surface area contributed by atoms with Gasteiger partial charge in [-0.05, 0) is 0 Å². The molecule has 1 heterocycles. The van der Waals surface area contributed by atoms with Gasteiger partial charge in [-0.25, -0.2) is 0 Å². The molecule has 36 heavy (non-hydrogen) atoms. The summed E-state index contributed by atoms with van der Waals surface area (Å²) in [5, 5.41) is 5.48. The Labute approximate surface area is 216 Å². The topological polar surface area (TPSA) is 3.24 Å². The van der Waals surface area contributed by atoms with Crippen LogP contribution in [0.3, 0.4) is 0 Å². The van der Waals surface area contributed by atoms with Crippen LogP contribution < -0.4 is 4.90 Å². The van der Waals surface area contributed by atoms with Crippen LogP contribution in [0.1, 0.15) is 0 Å². The summed E-state index contributed by atoms with van der Waals surface area (Å²) in [6.45, 7) is 0. The maximum absolute atomic E-state index is 2.35. The van der Waals surface area contributed by atoms with Gasteiger partial charge in [-0.3, -0.25) is 0 Å². The van der Waals surface area contributed by atoms with Gasteiger partial charge >= 0.3 is 199 Å². The molecule has 0 amide bonds. The molecular weight excluding hydrogens is 501 g/mol. The van der Waals surface area contributed by atoms with Gasteiger partial charge < -0.3 is 0 Å². The van der Waals surface area contributed by atoms with Gasteiger partial charge in [0.1, 0.15) is 0 Å². The third kappa shape index (κ3) is 3.63. The molecule has 0 N–H and O–H groups in total. The molecule has 0 aliphatic carbocycles. The predicted molar refractivity (Wildman–Crippen MR) is 156 cm³/mol. The Bertz CT molecular complexity index is 1820. The predicted octanol–water partition coefficient (Wildman–Crippen LogP) is 9.34. The van der Waals surface area contributed by atoms with Crippen molar-refractivity contribution in [1.82, 2.24) is 0 Å². The van der Waals surface area contributed by atoms with Crippen molar-refractivity contribution >= 4 is 61.6 Å². The molecule has 2 heteroatoms. The second-order valence-electron chi connectivity index (χ2n) is 9.03. The number of rotatable bonds is 4. The molecular formula is C34H23NSe. The van der Waals surface area contributed by atoms with Crippen LogP contribution in [-0.4, -0.2) is 14.5 Å². The summed E-state index contributed by atoms with van der Waals surface area (Å²) in [6, 6.07) is 50.5. The molecule has 0 fully saturated rings. The first-order chi connectivity index (χ1) is 17.8. The molecule has 0 radical (unpaired) electrons. The number of para-hydroxylation sites is 1. The fourth-order valence-corrected chi connectivity index (χ4v) is 7.69. The fourth-order valence-electron chi connectivity index (χ4n) is 5.10. The smallest absolute Gasteiger partial charge is 0.0617 e. The van der Waals surface area contributed by atoms with E-state index in [0.29, 0.717) is 14.5 Å². The minimum absolute atomic E-state index is 0.347. The molecule has 7 aromatic rings. The van der Waals surface area contributed by atoms with Crippen LogP contribution >= 0.6 is 0 Å². The quantitative estimate of drug-likeness (QED) is 0.207. The number of hydrogen-bond acceptors (Lipinski definition) is 1. The van der Waals surface area contributed by atoms with Crippen molar-refractivity contribution in [2.75, 3.05) is 4.90 Å². The Hall–Kier alpha value is -4.10. The van der Waals surface area contributed by atoms with Gasteiger partial charge in [0.15, 0.2) is 0 Å². The summed E-state index contributed by atoms with van der Waals surface area (Å²) in [7, 11) is 0. The molecule has 1 nitrogen and oxygen atoms in total. The van der Waals surface area contributed by atoms with Crippen LogP contribution in [0.2, 0.25) is 0 Å². The average molecular weight is 525 g/mol. The Kier molecular flexibility index (Phi) is 5.21. The van der Waals surface area contributed by atoms with Crippen molar-refractivity contribution in [3.63, 3.8) is 0 Å². The van der Waals surface area contributed by atoms with Crippen LogP contribution in [0.15, 0.2) is 140 Å². The SMILES string of the molecule is c1ccc(-c2ccc(N(c3ccccc3)c3ccc4c(ccc5c6ccccc6[se]c45)c3)cc2)cc1.